The number of nitrogens with zero attached hydrogens (tertiary/aromatic N) is 2. The minimum absolute atomic E-state index is 0.107. The molecule has 0 atom stereocenters. The molecule has 0 fully saturated rings. The normalized spacial score (nSPS) is 10.4. The average molecular weight is 239 g/mol. The van der Waals surface area contributed by atoms with Gasteiger partial charge in [-0.2, -0.15) is 0 Å². The molecule has 2 rings (SSSR count). The summed E-state index contributed by atoms with van der Waals surface area (Å²) in [6.45, 7) is 0. The minimum Gasteiger partial charge on any atom is -0.495 e. The van der Waals surface area contributed by atoms with Crippen molar-refractivity contribution < 1.29 is 4.74 Å². The molecular formula is C11H11ClN2O2. The Morgan fingerprint density at radius 1 is 1.31 bits per heavy atom. The van der Waals surface area contributed by atoms with Gasteiger partial charge in [0.25, 0.3) is 0 Å². The third kappa shape index (κ3) is 1.72. The van der Waals surface area contributed by atoms with Crippen LogP contribution in [0.15, 0.2) is 35.4 Å². The van der Waals surface area contributed by atoms with Crippen molar-refractivity contribution in [3.63, 3.8) is 0 Å². The van der Waals surface area contributed by atoms with E-state index >= 15 is 0 Å². The molecule has 0 aliphatic heterocycles. The summed E-state index contributed by atoms with van der Waals surface area (Å²) in [4.78, 5) is 11.7. The maximum absolute atomic E-state index is 11.7. The second kappa shape index (κ2) is 4.06. The molecule has 0 saturated carbocycles. The van der Waals surface area contributed by atoms with E-state index in [1.807, 2.05) is 0 Å². The van der Waals surface area contributed by atoms with Crippen molar-refractivity contribution >= 4 is 11.6 Å². The zero-order valence-corrected chi connectivity index (χ0v) is 9.73. The van der Waals surface area contributed by atoms with Crippen LogP contribution in [0.25, 0.3) is 5.69 Å². The Labute approximate surface area is 97.6 Å². The van der Waals surface area contributed by atoms with Gasteiger partial charge in [0, 0.05) is 25.5 Å². The summed E-state index contributed by atoms with van der Waals surface area (Å²) < 4.78 is 8.13. The van der Waals surface area contributed by atoms with Crippen LogP contribution in [-0.2, 0) is 7.05 Å². The first kappa shape index (κ1) is 10.8. The number of benzene rings is 1. The van der Waals surface area contributed by atoms with E-state index < -0.39 is 0 Å². The molecule has 1 aromatic heterocycles. The molecule has 0 unspecified atom stereocenters. The Hall–Kier alpha value is -1.68. The van der Waals surface area contributed by atoms with Gasteiger partial charge in [0.05, 0.1) is 17.8 Å². The second-order valence-corrected chi connectivity index (χ2v) is 3.79. The fourth-order valence-electron chi connectivity index (χ4n) is 1.46. The topological polar surface area (TPSA) is 36.2 Å². The number of rotatable bonds is 2. The van der Waals surface area contributed by atoms with Crippen LogP contribution in [0.5, 0.6) is 5.75 Å². The highest BCUT2D eigenvalue weighted by atomic mass is 35.5. The average Bonchev–Trinajstić information content (AvgIpc) is 2.61. The number of imidazole rings is 1. The van der Waals surface area contributed by atoms with Crippen molar-refractivity contribution in [1.29, 1.82) is 0 Å². The van der Waals surface area contributed by atoms with Crippen molar-refractivity contribution in [3.8, 4) is 11.4 Å². The number of hydrogen-bond acceptors (Lipinski definition) is 2. The molecule has 0 aliphatic carbocycles. The molecule has 5 heteroatoms. The van der Waals surface area contributed by atoms with Crippen molar-refractivity contribution in [3.05, 3.63) is 46.1 Å². The molecule has 0 N–H and O–H groups in total. The fourth-order valence-corrected chi connectivity index (χ4v) is 1.65. The van der Waals surface area contributed by atoms with Gasteiger partial charge in [-0.1, -0.05) is 11.6 Å². The highest BCUT2D eigenvalue weighted by Crippen LogP contribution is 2.26. The Morgan fingerprint density at radius 2 is 2.06 bits per heavy atom. The van der Waals surface area contributed by atoms with E-state index in [-0.39, 0.29) is 5.69 Å². The van der Waals surface area contributed by atoms with Crippen molar-refractivity contribution in [2.75, 3.05) is 7.11 Å². The first-order valence-electron chi connectivity index (χ1n) is 4.71. The third-order valence-electron chi connectivity index (χ3n) is 2.36. The first-order chi connectivity index (χ1) is 7.63. The molecule has 0 amide bonds. The minimum atomic E-state index is -0.107. The van der Waals surface area contributed by atoms with Gasteiger partial charge >= 0.3 is 5.69 Å². The standard InChI is InChI=1S/C11H11ClN2O2/c1-13-5-6-14(11(13)15)8-3-4-9(12)10(7-8)16-2/h3-7H,1-2H3. The lowest BCUT2D eigenvalue weighted by Crippen LogP contribution is -2.20. The van der Waals surface area contributed by atoms with E-state index in [1.165, 1.54) is 9.13 Å². The van der Waals surface area contributed by atoms with E-state index in [0.717, 1.165) is 5.69 Å². The van der Waals surface area contributed by atoms with E-state index in [0.29, 0.717) is 10.8 Å². The number of aryl methyl sites for hydroxylation is 1. The molecule has 0 bridgehead atoms. The van der Waals surface area contributed by atoms with Crippen molar-refractivity contribution in [2.24, 2.45) is 7.05 Å². The summed E-state index contributed by atoms with van der Waals surface area (Å²) in [7, 11) is 3.24. The van der Waals surface area contributed by atoms with Crippen LogP contribution >= 0.6 is 11.6 Å². The molecule has 0 saturated heterocycles. The van der Waals surface area contributed by atoms with Gasteiger partial charge in [-0.15, -0.1) is 0 Å². The molecule has 1 heterocycles. The lowest BCUT2D eigenvalue weighted by atomic mass is 10.3. The Bertz CT molecular complexity index is 572. The van der Waals surface area contributed by atoms with Gasteiger partial charge in [0.15, 0.2) is 0 Å². The van der Waals surface area contributed by atoms with E-state index in [9.17, 15) is 4.79 Å². The van der Waals surface area contributed by atoms with Crippen LogP contribution in [0.2, 0.25) is 5.02 Å². The summed E-state index contributed by atoms with van der Waals surface area (Å²) in [6, 6.07) is 5.20. The maximum atomic E-state index is 11.7. The van der Waals surface area contributed by atoms with Gasteiger partial charge in [-0.3, -0.25) is 4.57 Å². The van der Waals surface area contributed by atoms with Gasteiger partial charge in [-0.25, -0.2) is 4.79 Å². The first-order valence-corrected chi connectivity index (χ1v) is 5.09. The van der Waals surface area contributed by atoms with Gasteiger partial charge in [0.2, 0.25) is 0 Å². The summed E-state index contributed by atoms with van der Waals surface area (Å²) >= 11 is 5.91. The summed E-state index contributed by atoms with van der Waals surface area (Å²) in [5.74, 6) is 0.551. The number of halogens is 1. The molecule has 2 aromatic rings. The molecular weight excluding hydrogens is 228 g/mol. The predicted molar refractivity (Wildman–Crippen MR) is 62.6 cm³/mol. The highest BCUT2D eigenvalue weighted by molar-refractivity contribution is 6.32. The Balaban J connectivity index is 2.57. The molecule has 84 valence electrons. The summed E-state index contributed by atoms with van der Waals surface area (Å²) in [5.41, 5.74) is 0.622. The monoisotopic (exact) mass is 238 g/mol. The number of methoxy groups -OCH3 is 1. The SMILES string of the molecule is COc1cc(-n2ccn(C)c2=O)ccc1Cl. The second-order valence-electron chi connectivity index (χ2n) is 3.38. The van der Waals surface area contributed by atoms with Gasteiger partial charge < -0.3 is 9.30 Å². The molecule has 4 nitrogen and oxygen atoms in total. The lowest BCUT2D eigenvalue weighted by molar-refractivity contribution is 0.415. The predicted octanol–water partition coefficient (Wildman–Crippen LogP) is 1.84. The van der Waals surface area contributed by atoms with Crippen LogP contribution in [0.4, 0.5) is 0 Å². The largest absolute Gasteiger partial charge is 0.495 e. The molecule has 0 aliphatic rings. The van der Waals surface area contributed by atoms with E-state index in [1.54, 1.807) is 44.8 Å². The quantitative estimate of drug-likeness (QED) is 0.801. The summed E-state index contributed by atoms with van der Waals surface area (Å²) in [6.07, 6.45) is 3.40. The van der Waals surface area contributed by atoms with Crippen molar-refractivity contribution in [2.45, 2.75) is 0 Å². The third-order valence-corrected chi connectivity index (χ3v) is 2.67. The van der Waals surface area contributed by atoms with Gasteiger partial charge in [-0.05, 0) is 12.1 Å². The molecule has 0 radical (unpaired) electrons. The summed E-state index contributed by atoms with van der Waals surface area (Å²) in [5, 5.41) is 0.523. The van der Waals surface area contributed by atoms with Crippen LogP contribution in [0.1, 0.15) is 0 Å². The van der Waals surface area contributed by atoms with Crippen LogP contribution in [0.3, 0.4) is 0 Å². The van der Waals surface area contributed by atoms with Crippen LogP contribution < -0.4 is 10.4 Å². The van der Waals surface area contributed by atoms with Crippen LogP contribution in [-0.4, -0.2) is 16.2 Å². The number of hydrogen-bond donors (Lipinski definition) is 0. The zero-order chi connectivity index (χ0) is 11.7. The Morgan fingerprint density at radius 3 is 2.62 bits per heavy atom. The Kier molecular flexibility index (Phi) is 2.75. The van der Waals surface area contributed by atoms with Gasteiger partial charge in [0.1, 0.15) is 5.75 Å². The zero-order valence-electron chi connectivity index (χ0n) is 8.98. The van der Waals surface area contributed by atoms with Crippen molar-refractivity contribution in [1.82, 2.24) is 9.13 Å². The van der Waals surface area contributed by atoms with E-state index in [4.69, 9.17) is 16.3 Å². The van der Waals surface area contributed by atoms with E-state index in [2.05, 4.69) is 0 Å². The molecule has 16 heavy (non-hydrogen) atoms. The fraction of sp³-hybridized carbons (Fsp3) is 0.182. The van der Waals surface area contributed by atoms with Crippen LogP contribution in [0, 0.1) is 0 Å². The maximum Gasteiger partial charge on any atom is 0.332 e. The lowest BCUT2D eigenvalue weighted by Gasteiger charge is -2.06. The molecule has 1 aromatic carbocycles. The smallest absolute Gasteiger partial charge is 0.332 e. The molecule has 0 spiro atoms. The number of aromatic nitrogens is 2. The highest BCUT2D eigenvalue weighted by Gasteiger charge is 2.06. The number of ether oxygens (including phenoxy) is 1.